The summed E-state index contributed by atoms with van der Waals surface area (Å²) in [5, 5.41) is 9.56. The van der Waals surface area contributed by atoms with Gasteiger partial charge in [0, 0.05) is 17.5 Å². The van der Waals surface area contributed by atoms with Crippen LogP contribution < -0.4 is 0 Å². The summed E-state index contributed by atoms with van der Waals surface area (Å²) in [5.74, 6) is -0.913. The Morgan fingerprint density at radius 1 is 1.13 bits per heavy atom. The molecular weight excluding hydrogens is 425 g/mol. The third kappa shape index (κ3) is 4.19. The molecule has 0 unspecified atom stereocenters. The summed E-state index contributed by atoms with van der Waals surface area (Å²) in [6.45, 7) is 1.56. The van der Waals surface area contributed by atoms with Crippen molar-refractivity contribution < 1.29 is 22.7 Å². The van der Waals surface area contributed by atoms with Gasteiger partial charge in [0.25, 0.3) is 0 Å². The van der Waals surface area contributed by atoms with Crippen molar-refractivity contribution in [3.05, 3.63) is 65.5 Å². The fourth-order valence-corrected chi connectivity index (χ4v) is 4.16. The average Bonchev–Trinajstić information content (AvgIpc) is 3.06. The van der Waals surface area contributed by atoms with Crippen molar-refractivity contribution in [2.75, 3.05) is 12.9 Å². The zero-order chi connectivity index (χ0) is 22.8. The maximum absolute atomic E-state index is 13.7. The van der Waals surface area contributed by atoms with Crippen molar-refractivity contribution in [1.82, 2.24) is 4.57 Å². The van der Waals surface area contributed by atoms with Gasteiger partial charge in [0.05, 0.1) is 12.2 Å². The predicted octanol–water partition coefficient (Wildman–Crippen LogP) is 6.15. The number of carbonyl (C=O) groups is 1. The monoisotopic (exact) mass is 444 g/mol. The first-order valence-corrected chi connectivity index (χ1v) is 10.6. The highest BCUT2D eigenvalue weighted by molar-refractivity contribution is 7.98. The fourth-order valence-electron chi connectivity index (χ4n) is 3.54. The molecule has 0 fully saturated rings. The Bertz CT molecular complexity index is 1160. The molecule has 0 atom stereocenters. The predicted molar refractivity (Wildman–Crippen MR) is 114 cm³/mol. The number of esters is 1. The number of alkyl halides is 3. The summed E-state index contributed by atoms with van der Waals surface area (Å²) < 4.78 is 46.8. The van der Waals surface area contributed by atoms with Crippen molar-refractivity contribution in [1.29, 1.82) is 5.26 Å². The molecule has 1 aromatic heterocycles. The van der Waals surface area contributed by atoms with Crippen molar-refractivity contribution in [3.63, 3.8) is 0 Å². The molecule has 3 aromatic rings. The number of halogens is 3. The minimum atomic E-state index is -4.81. The number of hydrogen-bond donors (Lipinski definition) is 0. The van der Waals surface area contributed by atoms with Gasteiger partial charge in [0.2, 0.25) is 0 Å². The van der Waals surface area contributed by atoms with E-state index in [2.05, 4.69) is 0 Å². The Balaban J connectivity index is 2.22. The molecule has 0 aliphatic rings. The molecule has 3 rings (SSSR count). The Morgan fingerprint density at radius 2 is 1.74 bits per heavy atom. The summed E-state index contributed by atoms with van der Waals surface area (Å²) >= 11 is 1.58. The highest BCUT2D eigenvalue weighted by atomic mass is 32.2. The number of nitriles is 1. The molecule has 8 heteroatoms. The normalized spacial score (nSPS) is 11.3. The lowest BCUT2D eigenvalue weighted by molar-refractivity contribution is -0.143. The second-order valence-corrected chi connectivity index (χ2v) is 7.46. The third-order valence-electron chi connectivity index (χ3n) is 4.84. The second-order valence-electron chi connectivity index (χ2n) is 6.61. The minimum absolute atomic E-state index is 0.00288. The maximum atomic E-state index is 13.7. The molecule has 1 heterocycles. The second kappa shape index (κ2) is 8.90. The Labute approximate surface area is 182 Å². The van der Waals surface area contributed by atoms with E-state index in [4.69, 9.17) is 4.74 Å². The van der Waals surface area contributed by atoms with E-state index in [1.807, 2.05) is 30.5 Å². The van der Waals surface area contributed by atoms with Crippen LogP contribution in [0.15, 0.2) is 53.4 Å². The van der Waals surface area contributed by atoms with Crippen LogP contribution in [0.4, 0.5) is 13.2 Å². The van der Waals surface area contributed by atoms with Gasteiger partial charge in [-0.05, 0) is 35.9 Å². The van der Waals surface area contributed by atoms with E-state index >= 15 is 0 Å². The summed E-state index contributed by atoms with van der Waals surface area (Å²) in [5.41, 5.74) is 0.0216. The zero-order valence-corrected chi connectivity index (χ0v) is 17.9. The van der Waals surface area contributed by atoms with E-state index in [1.54, 1.807) is 49.0 Å². The summed E-state index contributed by atoms with van der Waals surface area (Å²) in [7, 11) is 1.11. The van der Waals surface area contributed by atoms with Crippen LogP contribution in [0, 0.1) is 11.3 Å². The lowest BCUT2D eigenvalue weighted by atomic mass is 9.97. The zero-order valence-electron chi connectivity index (χ0n) is 17.1. The number of ether oxygens (including phenoxy) is 1. The van der Waals surface area contributed by atoms with Gasteiger partial charge in [-0.3, -0.25) is 0 Å². The van der Waals surface area contributed by atoms with Gasteiger partial charge in [-0.2, -0.15) is 18.4 Å². The Hall–Kier alpha value is -3.18. The van der Waals surface area contributed by atoms with Gasteiger partial charge in [-0.15, -0.1) is 11.8 Å². The van der Waals surface area contributed by atoms with Crippen LogP contribution in [0.2, 0.25) is 0 Å². The number of carbonyl (C=O) groups excluding carboxylic acids is 1. The molecule has 0 saturated heterocycles. The molecule has 0 radical (unpaired) electrons. The summed E-state index contributed by atoms with van der Waals surface area (Å²) in [6, 6.07) is 16.2. The van der Waals surface area contributed by atoms with Gasteiger partial charge in [0.1, 0.15) is 17.5 Å². The standard InChI is InChI=1S/C23H19F3N2O2S/c1-4-30-22(29)20-19(17(13-27)21(28(20)2)23(24,25)26)15-11-9-14(10-12-15)16-7-5-6-8-18(16)31-3/h5-12H,4H2,1-3H3. The van der Waals surface area contributed by atoms with Crippen molar-refractivity contribution in [2.24, 2.45) is 7.05 Å². The number of benzene rings is 2. The van der Waals surface area contributed by atoms with Crippen molar-refractivity contribution in [3.8, 4) is 28.3 Å². The van der Waals surface area contributed by atoms with Gasteiger partial charge in [-0.1, -0.05) is 42.5 Å². The Kier molecular flexibility index (Phi) is 6.46. The number of hydrogen-bond acceptors (Lipinski definition) is 4. The highest BCUT2D eigenvalue weighted by Crippen LogP contribution is 2.41. The molecule has 4 nitrogen and oxygen atoms in total. The molecule has 2 aromatic carbocycles. The highest BCUT2D eigenvalue weighted by Gasteiger charge is 2.42. The van der Waals surface area contributed by atoms with Gasteiger partial charge in [0.15, 0.2) is 0 Å². The van der Waals surface area contributed by atoms with Crippen molar-refractivity contribution in [2.45, 2.75) is 18.0 Å². The number of rotatable bonds is 5. The first-order chi connectivity index (χ1) is 14.7. The van der Waals surface area contributed by atoms with Crippen LogP contribution in [-0.2, 0) is 18.0 Å². The topological polar surface area (TPSA) is 55.0 Å². The molecule has 0 amide bonds. The molecule has 0 aliphatic carbocycles. The minimum Gasteiger partial charge on any atom is -0.461 e. The first-order valence-electron chi connectivity index (χ1n) is 9.35. The van der Waals surface area contributed by atoms with Crippen LogP contribution in [0.25, 0.3) is 22.3 Å². The van der Waals surface area contributed by atoms with Gasteiger partial charge in [-0.25, -0.2) is 4.79 Å². The van der Waals surface area contributed by atoms with Crippen LogP contribution >= 0.6 is 11.8 Å². The number of aromatic nitrogens is 1. The van der Waals surface area contributed by atoms with E-state index in [0.717, 1.165) is 23.1 Å². The van der Waals surface area contributed by atoms with Crippen LogP contribution in [0.5, 0.6) is 0 Å². The molecule has 0 spiro atoms. The molecule has 0 saturated carbocycles. The van der Waals surface area contributed by atoms with Crippen LogP contribution in [0.3, 0.4) is 0 Å². The molecule has 160 valence electrons. The molecule has 31 heavy (non-hydrogen) atoms. The van der Waals surface area contributed by atoms with Crippen LogP contribution in [-0.4, -0.2) is 23.4 Å². The summed E-state index contributed by atoms with van der Waals surface area (Å²) in [4.78, 5) is 13.6. The summed E-state index contributed by atoms with van der Waals surface area (Å²) in [6.07, 6.45) is -2.85. The smallest absolute Gasteiger partial charge is 0.432 e. The maximum Gasteiger partial charge on any atom is 0.432 e. The molecular formula is C23H19F3N2O2S. The lowest BCUT2D eigenvalue weighted by Gasteiger charge is -2.10. The van der Waals surface area contributed by atoms with E-state index in [1.165, 1.54) is 0 Å². The molecule has 0 bridgehead atoms. The largest absolute Gasteiger partial charge is 0.461 e. The Morgan fingerprint density at radius 3 is 2.29 bits per heavy atom. The fraction of sp³-hybridized carbons (Fsp3) is 0.217. The third-order valence-corrected chi connectivity index (χ3v) is 5.63. The van der Waals surface area contributed by atoms with Gasteiger partial charge >= 0.3 is 12.1 Å². The van der Waals surface area contributed by atoms with Crippen LogP contribution in [0.1, 0.15) is 28.7 Å². The van der Waals surface area contributed by atoms with E-state index in [0.29, 0.717) is 10.1 Å². The lowest BCUT2D eigenvalue weighted by Crippen LogP contribution is -2.17. The molecule has 0 N–H and O–H groups in total. The average molecular weight is 444 g/mol. The number of nitrogens with zero attached hydrogens (tertiary/aromatic N) is 2. The number of thioether (sulfide) groups is 1. The van der Waals surface area contributed by atoms with Crippen molar-refractivity contribution >= 4 is 17.7 Å². The molecule has 0 aliphatic heterocycles. The van der Waals surface area contributed by atoms with E-state index in [9.17, 15) is 23.2 Å². The SMILES string of the molecule is CCOC(=O)c1c(-c2ccc(-c3ccccc3SC)cc2)c(C#N)c(C(F)(F)F)n1C. The first kappa shape index (κ1) is 22.5. The quantitative estimate of drug-likeness (QED) is 0.350. The van der Waals surface area contributed by atoms with E-state index in [-0.39, 0.29) is 17.9 Å². The van der Waals surface area contributed by atoms with E-state index < -0.39 is 23.4 Å². The van der Waals surface area contributed by atoms with Gasteiger partial charge < -0.3 is 9.30 Å².